The second-order valence-corrected chi connectivity index (χ2v) is 4.55. The van der Waals surface area contributed by atoms with Crippen molar-refractivity contribution in [1.29, 1.82) is 0 Å². The third-order valence-electron chi connectivity index (χ3n) is 2.95. The zero-order valence-electron chi connectivity index (χ0n) is 11.4. The van der Waals surface area contributed by atoms with Crippen molar-refractivity contribution in [3.63, 3.8) is 0 Å². The highest BCUT2D eigenvalue weighted by Gasteiger charge is 2.10. The molecule has 112 valence electrons. The first-order chi connectivity index (χ1) is 9.65. The molecule has 0 saturated heterocycles. The highest BCUT2D eigenvalue weighted by molar-refractivity contribution is 5.85. The highest BCUT2D eigenvalue weighted by Crippen LogP contribution is 2.19. The summed E-state index contributed by atoms with van der Waals surface area (Å²) in [5.41, 5.74) is 7.68. The highest BCUT2D eigenvalue weighted by atomic mass is 35.5. The van der Waals surface area contributed by atoms with E-state index in [1.807, 2.05) is 30.3 Å². The summed E-state index contributed by atoms with van der Waals surface area (Å²) in [6.45, 7) is 0.501. The van der Waals surface area contributed by atoms with E-state index in [9.17, 15) is 4.79 Å². The van der Waals surface area contributed by atoms with Crippen LogP contribution in [0.25, 0.3) is 0 Å². The van der Waals surface area contributed by atoms with Crippen molar-refractivity contribution < 1.29 is 14.6 Å². The number of halogens is 1. The van der Waals surface area contributed by atoms with Crippen molar-refractivity contribution in [3.05, 3.63) is 65.7 Å². The number of rotatable bonds is 6. The fraction of sp³-hybridized carbons (Fsp3) is 0.188. The van der Waals surface area contributed by atoms with E-state index in [1.165, 1.54) is 0 Å². The Bertz CT molecular complexity index is 557. The quantitative estimate of drug-likeness (QED) is 0.860. The number of aliphatic carboxylic acids is 1. The van der Waals surface area contributed by atoms with Crippen molar-refractivity contribution >= 4 is 18.4 Å². The Balaban J connectivity index is 0.00000220. The third-order valence-corrected chi connectivity index (χ3v) is 2.95. The van der Waals surface area contributed by atoms with Crippen LogP contribution in [0, 0.1) is 0 Å². The molecule has 0 aliphatic heterocycles. The molecule has 4 nitrogen and oxygen atoms in total. The number of carboxylic acids is 1. The minimum Gasteiger partial charge on any atom is -0.489 e. The molecule has 2 rings (SSSR count). The van der Waals surface area contributed by atoms with Gasteiger partial charge in [0.15, 0.2) is 0 Å². The number of nitrogens with two attached hydrogens (primary N) is 1. The third kappa shape index (κ3) is 5.45. The van der Waals surface area contributed by atoms with Crippen LogP contribution in [0.4, 0.5) is 0 Å². The summed E-state index contributed by atoms with van der Waals surface area (Å²) in [6, 6.07) is 16.6. The number of ether oxygens (including phenoxy) is 1. The Morgan fingerprint density at radius 3 is 2.29 bits per heavy atom. The number of benzene rings is 2. The molecule has 0 aromatic heterocycles. The minimum atomic E-state index is -0.901. The van der Waals surface area contributed by atoms with E-state index in [4.69, 9.17) is 15.6 Å². The van der Waals surface area contributed by atoms with Gasteiger partial charge in [-0.25, -0.2) is 0 Å². The van der Waals surface area contributed by atoms with Crippen LogP contribution >= 0.6 is 12.4 Å². The van der Waals surface area contributed by atoms with Crippen LogP contribution in [-0.4, -0.2) is 11.1 Å². The Morgan fingerprint density at radius 1 is 1.10 bits per heavy atom. The lowest BCUT2D eigenvalue weighted by Gasteiger charge is -2.11. The second kappa shape index (κ2) is 8.29. The van der Waals surface area contributed by atoms with Crippen molar-refractivity contribution in [3.8, 4) is 5.75 Å². The normalized spacial score (nSPS) is 11.3. The van der Waals surface area contributed by atoms with Crippen LogP contribution in [0.1, 0.15) is 23.6 Å². The zero-order chi connectivity index (χ0) is 14.4. The van der Waals surface area contributed by atoms with Gasteiger partial charge in [0, 0.05) is 6.04 Å². The maximum absolute atomic E-state index is 10.6. The van der Waals surface area contributed by atoms with Gasteiger partial charge in [-0.1, -0.05) is 42.5 Å². The van der Waals surface area contributed by atoms with Gasteiger partial charge in [0.1, 0.15) is 12.4 Å². The van der Waals surface area contributed by atoms with Gasteiger partial charge in [-0.3, -0.25) is 4.79 Å². The molecule has 0 spiro atoms. The molecule has 0 fully saturated rings. The molecule has 0 amide bonds. The van der Waals surface area contributed by atoms with E-state index >= 15 is 0 Å². The molecule has 0 unspecified atom stereocenters. The van der Waals surface area contributed by atoms with Crippen LogP contribution in [0.2, 0.25) is 0 Å². The zero-order valence-corrected chi connectivity index (χ0v) is 12.3. The number of carbonyl (C=O) groups is 1. The van der Waals surface area contributed by atoms with E-state index in [0.717, 1.165) is 16.9 Å². The van der Waals surface area contributed by atoms with Crippen molar-refractivity contribution in [2.75, 3.05) is 0 Å². The molecule has 2 aromatic rings. The van der Waals surface area contributed by atoms with Gasteiger partial charge in [0.25, 0.3) is 0 Å². The van der Waals surface area contributed by atoms with Gasteiger partial charge in [0.2, 0.25) is 0 Å². The molecule has 3 N–H and O–H groups in total. The van der Waals surface area contributed by atoms with Gasteiger partial charge in [-0.15, -0.1) is 12.4 Å². The largest absolute Gasteiger partial charge is 0.489 e. The summed E-state index contributed by atoms with van der Waals surface area (Å²) in [5.74, 6) is -0.165. The molecule has 2 aromatic carbocycles. The lowest BCUT2D eigenvalue weighted by molar-refractivity contribution is -0.137. The van der Waals surface area contributed by atoms with Gasteiger partial charge < -0.3 is 15.6 Å². The molecule has 0 heterocycles. The Morgan fingerprint density at radius 2 is 1.71 bits per heavy atom. The summed E-state index contributed by atoms with van der Waals surface area (Å²) < 4.78 is 5.65. The van der Waals surface area contributed by atoms with Crippen LogP contribution in [0.15, 0.2) is 54.6 Å². The van der Waals surface area contributed by atoms with Gasteiger partial charge >= 0.3 is 5.97 Å². The van der Waals surface area contributed by atoms with Crippen LogP contribution in [0.5, 0.6) is 5.75 Å². The van der Waals surface area contributed by atoms with Crippen LogP contribution in [0.3, 0.4) is 0 Å². The number of carboxylic acid groups (broad SMARTS) is 1. The average molecular weight is 308 g/mol. The summed E-state index contributed by atoms with van der Waals surface area (Å²) in [7, 11) is 0. The lowest BCUT2D eigenvalue weighted by atomic mass is 10.0. The summed E-state index contributed by atoms with van der Waals surface area (Å²) in [4.78, 5) is 10.6. The van der Waals surface area contributed by atoms with E-state index in [0.29, 0.717) is 6.61 Å². The SMILES string of the molecule is Cl.N[C@@H](CC(=O)O)c1ccc(OCc2ccccc2)cc1. The summed E-state index contributed by atoms with van der Waals surface area (Å²) in [6.07, 6.45) is -0.0791. The molecule has 21 heavy (non-hydrogen) atoms. The first-order valence-electron chi connectivity index (χ1n) is 6.39. The smallest absolute Gasteiger partial charge is 0.305 e. The molecule has 0 bridgehead atoms. The van der Waals surface area contributed by atoms with Crippen LogP contribution < -0.4 is 10.5 Å². The van der Waals surface area contributed by atoms with E-state index in [-0.39, 0.29) is 18.8 Å². The van der Waals surface area contributed by atoms with Crippen LogP contribution in [-0.2, 0) is 11.4 Å². The monoisotopic (exact) mass is 307 g/mol. The Labute approximate surface area is 130 Å². The molecule has 0 aliphatic rings. The fourth-order valence-electron chi connectivity index (χ4n) is 1.86. The molecule has 1 atom stereocenters. The Hall–Kier alpha value is -2.04. The minimum absolute atomic E-state index is 0. The lowest BCUT2D eigenvalue weighted by Crippen LogP contribution is -2.14. The maximum atomic E-state index is 10.6. The topological polar surface area (TPSA) is 72.6 Å². The van der Waals surface area contributed by atoms with Gasteiger partial charge in [-0.2, -0.15) is 0 Å². The molecular weight excluding hydrogens is 290 g/mol. The van der Waals surface area contributed by atoms with E-state index in [2.05, 4.69) is 0 Å². The molecular formula is C16H18ClNO3. The summed E-state index contributed by atoms with van der Waals surface area (Å²) >= 11 is 0. The molecule has 5 heteroatoms. The first kappa shape index (κ1) is 17.0. The van der Waals surface area contributed by atoms with E-state index < -0.39 is 12.0 Å². The fourth-order valence-corrected chi connectivity index (χ4v) is 1.86. The second-order valence-electron chi connectivity index (χ2n) is 4.55. The van der Waals surface area contributed by atoms with Crippen molar-refractivity contribution in [1.82, 2.24) is 0 Å². The maximum Gasteiger partial charge on any atom is 0.305 e. The summed E-state index contributed by atoms with van der Waals surface area (Å²) in [5, 5.41) is 8.71. The Kier molecular flexibility index (Phi) is 6.72. The van der Waals surface area contributed by atoms with Gasteiger partial charge in [-0.05, 0) is 23.3 Å². The van der Waals surface area contributed by atoms with Crippen molar-refractivity contribution in [2.45, 2.75) is 19.1 Å². The van der Waals surface area contributed by atoms with Crippen molar-refractivity contribution in [2.24, 2.45) is 5.73 Å². The standard InChI is InChI=1S/C16H17NO3.ClH/c17-15(10-16(18)19)13-6-8-14(9-7-13)20-11-12-4-2-1-3-5-12;/h1-9,15H,10-11,17H2,(H,18,19);1H/t15-;/m0./s1. The predicted molar refractivity (Wildman–Crippen MR) is 83.6 cm³/mol. The average Bonchev–Trinajstić information content (AvgIpc) is 2.46. The van der Waals surface area contributed by atoms with E-state index in [1.54, 1.807) is 24.3 Å². The molecule has 0 aliphatic carbocycles. The molecule has 0 radical (unpaired) electrons. The number of hydrogen-bond acceptors (Lipinski definition) is 3. The molecule has 0 saturated carbocycles. The predicted octanol–water partition coefficient (Wildman–Crippen LogP) is 3.16. The van der Waals surface area contributed by atoms with Gasteiger partial charge in [0.05, 0.1) is 6.42 Å². The first-order valence-corrected chi connectivity index (χ1v) is 6.39. The number of hydrogen-bond donors (Lipinski definition) is 2.